The number of fused-ring (bicyclic) bond motifs is 5. The van der Waals surface area contributed by atoms with Crippen molar-refractivity contribution in [1.29, 1.82) is 0 Å². The third-order valence-corrected chi connectivity index (χ3v) is 6.20. The lowest BCUT2D eigenvalue weighted by atomic mass is 9.85. The molecule has 0 saturated carbocycles. The number of aliphatic hydroxyl groups is 2. The smallest absolute Gasteiger partial charge is 0.345 e. The van der Waals surface area contributed by atoms with Gasteiger partial charge in [0.2, 0.25) is 6.29 Å². The topological polar surface area (TPSA) is 122 Å². The van der Waals surface area contributed by atoms with Gasteiger partial charge in [0.1, 0.15) is 5.75 Å². The summed E-state index contributed by atoms with van der Waals surface area (Å²) in [6.45, 7) is 3.83. The number of aromatic hydroxyl groups is 1. The number of nitrogens with zero attached hydrogens (tertiary/aromatic N) is 2. The first-order chi connectivity index (χ1) is 14.3. The Morgan fingerprint density at radius 3 is 2.73 bits per heavy atom. The second-order valence-electron chi connectivity index (χ2n) is 7.69. The van der Waals surface area contributed by atoms with Gasteiger partial charge in [-0.1, -0.05) is 13.8 Å². The largest absolute Gasteiger partial charge is 0.508 e. The fraction of sp³-hybridized carbons (Fsp3) is 0.318. The van der Waals surface area contributed by atoms with E-state index >= 15 is 0 Å². The third kappa shape index (κ3) is 2.26. The minimum atomic E-state index is -2.01. The Bertz CT molecular complexity index is 1310. The quantitative estimate of drug-likeness (QED) is 0.428. The van der Waals surface area contributed by atoms with Crippen molar-refractivity contribution in [3.63, 3.8) is 0 Å². The summed E-state index contributed by atoms with van der Waals surface area (Å²) in [5.74, 6) is -0.849. The Morgan fingerprint density at radius 2 is 2.03 bits per heavy atom. The molecule has 154 valence electrons. The van der Waals surface area contributed by atoms with Crippen molar-refractivity contribution < 1.29 is 24.9 Å². The minimum absolute atomic E-state index is 0.00800. The number of cyclic esters (lactones) is 1. The molecule has 0 spiro atoms. The van der Waals surface area contributed by atoms with Crippen LogP contribution in [0.1, 0.15) is 48.8 Å². The summed E-state index contributed by atoms with van der Waals surface area (Å²) in [6, 6.07) is 6.49. The minimum Gasteiger partial charge on any atom is -0.508 e. The first-order valence-corrected chi connectivity index (χ1v) is 9.84. The van der Waals surface area contributed by atoms with Gasteiger partial charge in [-0.05, 0) is 42.7 Å². The number of pyridine rings is 2. The molecule has 0 saturated heterocycles. The van der Waals surface area contributed by atoms with Gasteiger partial charge in [0.25, 0.3) is 5.56 Å². The third-order valence-electron chi connectivity index (χ3n) is 6.20. The van der Waals surface area contributed by atoms with Gasteiger partial charge in [-0.2, -0.15) is 0 Å². The zero-order valence-corrected chi connectivity index (χ0v) is 16.5. The van der Waals surface area contributed by atoms with Crippen molar-refractivity contribution >= 4 is 16.9 Å². The summed E-state index contributed by atoms with van der Waals surface area (Å²) in [5, 5.41) is 31.9. The highest BCUT2D eigenvalue weighted by molar-refractivity contribution is 5.90. The van der Waals surface area contributed by atoms with E-state index in [9.17, 15) is 24.9 Å². The number of phenols is 1. The maximum absolute atomic E-state index is 13.3. The number of hydrogen-bond donors (Lipinski definition) is 3. The highest BCUT2D eigenvalue weighted by atomic mass is 16.6. The van der Waals surface area contributed by atoms with Gasteiger partial charge in [-0.25, -0.2) is 9.78 Å². The van der Waals surface area contributed by atoms with E-state index in [-0.39, 0.29) is 29.8 Å². The molecule has 8 heteroatoms. The number of rotatable bonds is 2. The molecule has 8 nitrogen and oxygen atoms in total. The van der Waals surface area contributed by atoms with Gasteiger partial charge >= 0.3 is 5.97 Å². The van der Waals surface area contributed by atoms with Crippen LogP contribution in [0.5, 0.6) is 5.75 Å². The Hall–Kier alpha value is -3.23. The normalized spacial score (nSPS) is 21.9. The molecular weight excluding hydrogens is 394 g/mol. The van der Waals surface area contributed by atoms with Crippen LogP contribution < -0.4 is 5.56 Å². The zero-order chi connectivity index (χ0) is 21.4. The van der Waals surface area contributed by atoms with Crippen LogP contribution in [0, 0.1) is 0 Å². The maximum Gasteiger partial charge on any atom is 0.345 e. The molecule has 0 fully saturated rings. The second kappa shape index (κ2) is 6.13. The summed E-state index contributed by atoms with van der Waals surface area (Å²) in [5.41, 5.74) is 0.946. The summed E-state index contributed by atoms with van der Waals surface area (Å²) in [7, 11) is 0. The van der Waals surface area contributed by atoms with E-state index in [1.165, 1.54) is 4.57 Å². The summed E-state index contributed by atoms with van der Waals surface area (Å²) >= 11 is 0. The molecule has 5 rings (SSSR count). The van der Waals surface area contributed by atoms with Crippen LogP contribution in [0.2, 0.25) is 0 Å². The average molecular weight is 414 g/mol. The van der Waals surface area contributed by atoms with Gasteiger partial charge < -0.3 is 24.6 Å². The highest BCUT2D eigenvalue weighted by Crippen LogP contribution is 2.42. The molecule has 0 bridgehead atoms. The van der Waals surface area contributed by atoms with Gasteiger partial charge in [0.05, 0.1) is 29.0 Å². The second-order valence-corrected chi connectivity index (χ2v) is 7.69. The summed E-state index contributed by atoms with van der Waals surface area (Å²) < 4.78 is 6.35. The van der Waals surface area contributed by atoms with Crippen LogP contribution in [0.3, 0.4) is 0 Å². The van der Waals surface area contributed by atoms with E-state index in [1.54, 1.807) is 31.2 Å². The van der Waals surface area contributed by atoms with Crippen molar-refractivity contribution in [1.82, 2.24) is 9.55 Å². The predicted molar refractivity (Wildman–Crippen MR) is 107 cm³/mol. The first kappa shape index (κ1) is 18.8. The van der Waals surface area contributed by atoms with E-state index in [0.29, 0.717) is 23.3 Å². The molecule has 1 aromatic carbocycles. The number of aromatic nitrogens is 2. The Labute approximate surface area is 171 Å². The van der Waals surface area contributed by atoms with Crippen molar-refractivity contribution in [2.24, 2.45) is 0 Å². The average Bonchev–Trinajstić information content (AvgIpc) is 3.09. The molecule has 3 aromatic rings. The van der Waals surface area contributed by atoms with Crippen molar-refractivity contribution in [3.05, 3.63) is 56.9 Å². The van der Waals surface area contributed by atoms with E-state index in [1.807, 2.05) is 6.92 Å². The predicted octanol–water partition coefficient (Wildman–Crippen LogP) is 1.84. The molecule has 2 aromatic heterocycles. The fourth-order valence-corrected chi connectivity index (χ4v) is 4.60. The SMILES string of the molecule is CCc1c2c(n[13c]3[13cH][13cH][13c](O)[13cH][13c]13)-c1cc3c(c(=O)n1C2)C(O)OC(=O)[C@]3(O)CC. The van der Waals surface area contributed by atoms with E-state index in [2.05, 4.69) is 0 Å². The Morgan fingerprint density at radius 1 is 1.27 bits per heavy atom. The molecule has 2 aliphatic rings. The molecular formula is C22H20N2O6. The van der Waals surface area contributed by atoms with Crippen LogP contribution in [-0.4, -0.2) is 30.8 Å². The van der Waals surface area contributed by atoms with Gasteiger partial charge in [0, 0.05) is 16.5 Å². The number of esters is 1. The number of aryl methyl sites for hydroxylation is 1. The van der Waals surface area contributed by atoms with Crippen molar-refractivity contribution in [2.75, 3.05) is 0 Å². The number of carbonyl (C=O) groups excluding carboxylic acids is 1. The number of carbonyl (C=O) groups is 1. The lowest BCUT2D eigenvalue weighted by Crippen LogP contribution is -2.46. The standard InChI is InChI=1S/C22H20N2O6/c1-3-11-12-7-10(25)5-6-15(12)23-18-13(11)9-24-16(18)8-14-17(19(24)26)20(27)30-21(28)22(14,29)4-2/h5-8,20,25,27,29H,3-4,9H2,1-2H3/t20?,22-/m0/s1/i5+1,6+1,7+1,10+1,12+1,15+1. The number of ether oxygens (including phenoxy) is 1. The number of aliphatic hydroxyl groups excluding tert-OH is 1. The zero-order valence-electron chi connectivity index (χ0n) is 16.5. The monoisotopic (exact) mass is 414 g/mol. The molecule has 2 atom stereocenters. The summed E-state index contributed by atoms with van der Waals surface area (Å²) in [6.07, 6.45) is -1.08. The summed E-state index contributed by atoms with van der Waals surface area (Å²) in [4.78, 5) is 30.3. The van der Waals surface area contributed by atoms with Crippen molar-refractivity contribution in [2.45, 2.75) is 45.1 Å². The van der Waals surface area contributed by atoms with E-state index in [4.69, 9.17) is 9.72 Å². The molecule has 0 radical (unpaired) electrons. The van der Waals surface area contributed by atoms with Gasteiger partial charge in [0.15, 0.2) is 5.60 Å². The van der Waals surface area contributed by atoms with Crippen LogP contribution in [0.15, 0.2) is 29.1 Å². The van der Waals surface area contributed by atoms with Crippen LogP contribution in [0.25, 0.3) is 22.3 Å². The molecule has 1 unspecified atom stereocenters. The Balaban J connectivity index is 1.85. The molecule has 2 aliphatic heterocycles. The maximum atomic E-state index is 13.3. The molecule has 0 amide bonds. The van der Waals surface area contributed by atoms with E-state index < -0.39 is 23.4 Å². The Kier molecular flexibility index (Phi) is 3.84. The van der Waals surface area contributed by atoms with Gasteiger partial charge in [-0.3, -0.25) is 4.79 Å². The van der Waals surface area contributed by atoms with Crippen molar-refractivity contribution in [3.8, 4) is 17.1 Å². The molecule has 4 heterocycles. The van der Waals surface area contributed by atoms with E-state index in [0.717, 1.165) is 16.5 Å². The number of benzene rings is 1. The van der Waals surface area contributed by atoms with Crippen LogP contribution in [0.4, 0.5) is 0 Å². The highest BCUT2D eigenvalue weighted by Gasteiger charge is 2.48. The molecule has 0 aliphatic carbocycles. The van der Waals surface area contributed by atoms with Crippen LogP contribution in [-0.2, 0) is 28.1 Å². The molecule has 30 heavy (non-hydrogen) atoms. The molecule has 3 N–H and O–H groups in total. The first-order valence-electron chi connectivity index (χ1n) is 9.84. The van der Waals surface area contributed by atoms with Crippen LogP contribution >= 0.6 is 0 Å². The lowest BCUT2D eigenvalue weighted by molar-refractivity contribution is -0.199. The fourth-order valence-electron chi connectivity index (χ4n) is 4.60. The number of phenolic OH excluding ortho intramolecular Hbond substituents is 1. The lowest BCUT2D eigenvalue weighted by Gasteiger charge is -2.34. The number of hydrogen-bond acceptors (Lipinski definition) is 7. The van der Waals surface area contributed by atoms with Gasteiger partial charge in [-0.15, -0.1) is 0 Å².